The fourth-order valence-corrected chi connectivity index (χ4v) is 1.29. The predicted molar refractivity (Wildman–Crippen MR) is 52.7 cm³/mol. The summed E-state index contributed by atoms with van der Waals surface area (Å²) in [7, 11) is 0. The number of aliphatic hydroxyl groups excluding tert-OH is 1. The highest BCUT2D eigenvalue weighted by atomic mass is 16.3. The Morgan fingerprint density at radius 2 is 2.00 bits per heavy atom. The molecule has 0 fully saturated rings. The SMILES string of the molecule is CC[C@H](O)Cn1nc(C)c(C)c1C. The van der Waals surface area contributed by atoms with Crippen molar-refractivity contribution in [2.45, 2.75) is 46.8 Å². The molecule has 0 saturated carbocycles. The molecule has 1 heterocycles. The van der Waals surface area contributed by atoms with Crippen LogP contribution in [0.1, 0.15) is 30.3 Å². The zero-order chi connectivity index (χ0) is 10.0. The number of rotatable bonds is 3. The van der Waals surface area contributed by atoms with Gasteiger partial charge in [0, 0.05) is 5.69 Å². The minimum atomic E-state index is -0.280. The minimum Gasteiger partial charge on any atom is -0.391 e. The summed E-state index contributed by atoms with van der Waals surface area (Å²) in [6.07, 6.45) is 0.495. The minimum absolute atomic E-state index is 0.280. The number of hydrogen-bond acceptors (Lipinski definition) is 2. The van der Waals surface area contributed by atoms with Gasteiger partial charge in [-0.1, -0.05) is 6.92 Å². The zero-order valence-electron chi connectivity index (χ0n) is 8.83. The van der Waals surface area contributed by atoms with E-state index in [9.17, 15) is 5.11 Å². The van der Waals surface area contributed by atoms with E-state index in [2.05, 4.69) is 12.0 Å². The molecule has 0 saturated heterocycles. The van der Waals surface area contributed by atoms with Crippen LogP contribution in [0.25, 0.3) is 0 Å². The van der Waals surface area contributed by atoms with E-state index >= 15 is 0 Å². The molecule has 1 atom stereocenters. The average molecular weight is 182 g/mol. The molecule has 1 aromatic rings. The molecular formula is C10H18N2O. The van der Waals surface area contributed by atoms with E-state index in [1.807, 2.05) is 25.5 Å². The summed E-state index contributed by atoms with van der Waals surface area (Å²) in [5.74, 6) is 0. The fourth-order valence-electron chi connectivity index (χ4n) is 1.29. The lowest BCUT2D eigenvalue weighted by molar-refractivity contribution is 0.144. The lowest BCUT2D eigenvalue weighted by Gasteiger charge is -2.09. The Bertz CT molecular complexity index is 291. The van der Waals surface area contributed by atoms with Gasteiger partial charge in [0.15, 0.2) is 0 Å². The highest BCUT2D eigenvalue weighted by Gasteiger charge is 2.09. The van der Waals surface area contributed by atoms with Crippen LogP contribution < -0.4 is 0 Å². The monoisotopic (exact) mass is 182 g/mol. The van der Waals surface area contributed by atoms with Crippen molar-refractivity contribution in [2.24, 2.45) is 0 Å². The molecule has 0 amide bonds. The van der Waals surface area contributed by atoms with E-state index in [-0.39, 0.29) is 6.10 Å². The van der Waals surface area contributed by atoms with Gasteiger partial charge >= 0.3 is 0 Å². The molecule has 0 bridgehead atoms. The normalized spacial score (nSPS) is 13.3. The van der Waals surface area contributed by atoms with E-state index in [1.165, 1.54) is 5.56 Å². The molecule has 0 unspecified atom stereocenters. The van der Waals surface area contributed by atoms with Crippen LogP contribution >= 0.6 is 0 Å². The van der Waals surface area contributed by atoms with Crippen molar-refractivity contribution in [1.82, 2.24) is 9.78 Å². The maximum atomic E-state index is 9.48. The summed E-state index contributed by atoms with van der Waals surface area (Å²) in [6.45, 7) is 8.68. The van der Waals surface area contributed by atoms with E-state index < -0.39 is 0 Å². The quantitative estimate of drug-likeness (QED) is 0.770. The molecule has 74 valence electrons. The fraction of sp³-hybridized carbons (Fsp3) is 0.700. The number of aromatic nitrogens is 2. The Morgan fingerprint density at radius 3 is 2.38 bits per heavy atom. The summed E-state index contributed by atoms with van der Waals surface area (Å²) in [5, 5.41) is 13.8. The molecule has 0 aliphatic carbocycles. The van der Waals surface area contributed by atoms with Gasteiger partial charge in [-0.15, -0.1) is 0 Å². The standard InChI is InChI=1S/C10H18N2O/c1-5-10(13)6-12-9(4)7(2)8(3)11-12/h10,13H,5-6H2,1-4H3/t10-/m0/s1. The van der Waals surface area contributed by atoms with E-state index in [0.717, 1.165) is 17.8 Å². The molecule has 1 rings (SSSR count). The second-order valence-electron chi connectivity index (χ2n) is 3.54. The van der Waals surface area contributed by atoms with E-state index in [4.69, 9.17) is 0 Å². The first-order chi connectivity index (χ1) is 6.06. The van der Waals surface area contributed by atoms with Crippen molar-refractivity contribution in [2.75, 3.05) is 0 Å². The summed E-state index contributed by atoms with van der Waals surface area (Å²) in [4.78, 5) is 0. The van der Waals surface area contributed by atoms with Gasteiger partial charge in [-0.25, -0.2) is 0 Å². The van der Waals surface area contributed by atoms with Crippen molar-refractivity contribution in [1.29, 1.82) is 0 Å². The third-order valence-electron chi connectivity index (χ3n) is 2.60. The van der Waals surface area contributed by atoms with Crippen LogP contribution in [0.3, 0.4) is 0 Å². The highest BCUT2D eigenvalue weighted by Crippen LogP contribution is 2.11. The molecule has 0 radical (unpaired) electrons. The van der Waals surface area contributed by atoms with Crippen LogP contribution in [0, 0.1) is 20.8 Å². The predicted octanol–water partition coefficient (Wildman–Crippen LogP) is 1.58. The van der Waals surface area contributed by atoms with Gasteiger partial charge in [-0.2, -0.15) is 5.10 Å². The third-order valence-corrected chi connectivity index (χ3v) is 2.60. The summed E-state index contributed by atoms with van der Waals surface area (Å²) < 4.78 is 1.89. The van der Waals surface area contributed by atoms with Gasteiger partial charge in [0.05, 0.1) is 18.3 Å². The summed E-state index contributed by atoms with van der Waals surface area (Å²) >= 11 is 0. The van der Waals surface area contributed by atoms with Crippen LogP contribution in [-0.4, -0.2) is 21.0 Å². The van der Waals surface area contributed by atoms with E-state index in [0.29, 0.717) is 6.54 Å². The number of aliphatic hydroxyl groups is 1. The Kier molecular flexibility index (Phi) is 3.09. The molecular weight excluding hydrogens is 164 g/mol. The van der Waals surface area contributed by atoms with Crippen molar-refractivity contribution in [3.05, 3.63) is 17.0 Å². The largest absolute Gasteiger partial charge is 0.391 e. The number of nitrogens with zero attached hydrogens (tertiary/aromatic N) is 2. The van der Waals surface area contributed by atoms with Crippen molar-refractivity contribution < 1.29 is 5.11 Å². The molecule has 3 heteroatoms. The zero-order valence-corrected chi connectivity index (χ0v) is 8.83. The maximum absolute atomic E-state index is 9.48. The second kappa shape index (κ2) is 3.92. The maximum Gasteiger partial charge on any atom is 0.0733 e. The Morgan fingerprint density at radius 1 is 1.38 bits per heavy atom. The van der Waals surface area contributed by atoms with Gasteiger partial charge in [0.25, 0.3) is 0 Å². The molecule has 0 aliphatic rings. The summed E-state index contributed by atoms with van der Waals surface area (Å²) in [5.41, 5.74) is 3.44. The van der Waals surface area contributed by atoms with Crippen LogP contribution in [0.4, 0.5) is 0 Å². The first-order valence-electron chi connectivity index (χ1n) is 4.75. The van der Waals surface area contributed by atoms with Crippen molar-refractivity contribution in [3.63, 3.8) is 0 Å². The lowest BCUT2D eigenvalue weighted by atomic mass is 10.2. The first kappa shape index (κ1) is 10.3. The van der Waals surface area contributed by atoms with Gasteiger partial charge in [0.2, 0.25) is 0 Å². The Labute approximate surface area is 79.4 Å². The van der Waals surface area contributed by atoms with Crippen LogP contribution in [0.15, 0.2) is 0 Å². The second-order valence-corrected chi connectivity index (χ2v) is 3.54. The lowest BCUT2D eigenvalue weighted by Crippen LogP contribution is -2.16. The Hall–Kier alpha value is -0.830. The highest BCUT2D eigenvalue weighted by molar-refractivity contribution is 5.22. The molecule has 1 aromatic heterocycles. The number of hydrogen-bond donors (Lipinski definition) is 1. The molecule has 13 heavy (non-hydrogen) atoms. The molecule has 0 spiro atoms. The van der Waals surface area contributed by atoms with Crippen LogP contribution in [0.2, 0.25) is 0 Å². The molecule has 0 aliphatic heterocycles. The Balaban J connectivity index is 2.83. The van der Waals surface area contributed by atoms with Crippen molar-refractivity contribution in [3.8, 4) is 0 Å². The average Bonchev–Trinajstić information content (AvgIpc) is 2.34. The molecule has 1 N–H and O–H groups in total. The van der Waals surface area contributed by atoms with Crippen LogP contribution in [-0.2, 0) is 6.54 Å². The van der Waals surface area contributed by atoms with Gasteiger partial charge in [-0.05, 0) is 32.8 Å². The van der Waals surface area contributed by atoms with Crippen LogP contribution in [0.5, 0.6) is 0 Å². The topological polar surface area (TPSA) is 38.0 Å². The smallest absolute Gasteiger partial charge is 0.0733 e. The molecule has 3 nitrogen and oxygen atoms in total. The third kappa shape index (κ3) is 2.10. The van der Waals surface area contributed by atoms with Crippen molar-refractivity contribution >= 4 is 0 Å². The first-order valence-corrected chi connectivity index (χ1v) is 4.75. The van der Waals surface area contributed by atoms with Gasteiger partial charge in [-0.3, -0.25) is 4.68 Å². The summed E-state index contributed by atoms with van der Waals surface area (Å²) in [6, 6.07) is 0. The van der Waals surface area contributed by atoms with Gasteiger partial charge in [0.1, 0.15) is 0 Å². The van der Waals surface area contributed by atoms with E-state index in [1.54, 1.807) is 0 Å². The molecule has 0 aromatic carbocycles. The number of aryl methyl sites for hydroxylation is 1. The van der Waals surface area contributed by atoms with Gasteiger partial charge < -0.3 is 5.11 Å².